The Morgan fingerprint density at radius 1 is 1.06 bits per heavy atom. The van der Waals surface area contributed by atoms with Gasteiger partial charge in [-0.2, -0.15) is 5.10 Å². The number of ether oxygens (including phenoxy) is 2. The molecule has 0 saturated heterocycles. The van der Waals surface area contributed by atoms with Crippen LogP contribution in [0.2, 0.25) is 5.02 Å². The molecule has 0 bridgehead atoms. The van der Waals surface area contributed by atoms with E-state index in [9.17, 15) is 14.4 Å². The number of hydrazone groups is 1. The number of esters is 1. The predicted octanol–water partition coefficient (Wildman–Crippen LogP) is 4.83. The lowest BCUT2D eigenvalue weighted by Gasteiger charge is -2.19. The highest BCUT2D eigenvalue weighted by molar-refractivity contribution is 6.30. The van der Waals surface area contributed by atoms with Gasteiger partial charge in [-0.3, -0.25) is 14.4 Å². The van der Waals surface area contributed by atoms with E-state index < -0.39 is 24.5 Å². The van der Waals surface area contributed by atoms with Crippen molar-refractivity contribution >= 4 is 35.0 Å². The number of hydrogen-bond donors (Lipinski definition) is 0. The van der Waals surface area contributed by atoms with Gasteiger partial charge >= 0.3 is 5.97 Å². The van der Waals surface area contributed by atoms with Gasteiger partial charge in [-0.25, -0.2) is 5.01 Å². The number of amides is 1. The topological polar surface area (TPSA) is 98.4 Å². The predicted molar refractivity (Wildman–Crippen MR) is 128 cm³/mol. The molecule has 0 radical (unpaired) electrons. The Morgan fingerprint density at radius 2 is 1.80 bits per heavy atom. The smallest absolute Gasteiger partial charge is 0.306 e. The maximum absolute atomic E-state index is 12.9. The number of halogens is 1. The fraction of sp³-hybridized carbons (Fsp3) is 0.231. The molecular weight excluding hydrogens is 472 g/mol. The molecule has 1 atom stereocenters. The molecule has 8 nitrogen and oxygen atoms in total. The van der Waals surface area contributed by atoms with Crippen molar-refractivity contribution < 1.29 is 28.3 Å². The summed E-state index contributed by atoms with van der Waals surface area (Å²) in [6.07, 6.45) is 1.79. The first-order chi connectivity index (χ1) is 16.9. The first kappa shape index (κ1) is 24.2. The summed E-state index contributed by atoms with van der Waals surface area (Å²) < 4.78 is 15.9. The van der Waals surface area contributed by atoms with E-state index >= 15 is 0 Å². The average Bonchev–Trinajstić information content (AvgIpc) is 3.56. The summed E-state index contributed by atoms with van der Waals surface area (Å²) in [4.78, 5) is 37.3. The van der Waals surface area contributed by atoms with E-state index in [4.69, 9.17) is 25.5 Å². The van der Waals surface area contributed by atoms with E-state index in [0.717, 1.165) is 5.56 Å². The highest BCUT2D eigenvalue weighted by Gasteiger charge is 2.35. The number of nitrogens with zero attached hydrogens (tertiary/aromatic N) is 2. The number of benzene rings is 2. The van der Waals surface area contributed by atoms with E-state index in [1.54, 1.807) is 43.5 Å². The van der Waals surface area contributed by atoms with E-state index in [0.29, 0.717) is 34.2 Å². The summed E-state index contributed by atoms with van der Waals surface area (Å²) in [5.41, 5.74) is 2.00. The van der Waals surface area contributed by atoms with Gasteiger partial charge in [0.05, 0.1) is 25.5 Å². The van der Waals surface area contributed by atoms with Gasteiger partial charge in [0, 0.05) is 23.4 Å². The first-order valence-electron chi connectivity index (χ1n) is 11.0. The third kappa shape index (κ3) is 5.96. The molecule has 1 aliphatic rings. The van der Waals surface area contributed by atoms with Gasteiger partial charge in [0.15, 0.2) is 12.4 Å². The molecule has 0 saturated carbocycles. The molecule has 1 amide bonds. The van der Waals surface area contributed by atoms with Crippen molar-refractivity contribution in [2.45, 2.75) is 25.3 Å². The first-order valence-corrected chi connectivity index (χ1v) is 11.3. The maximum Gasteiger partial charge on any atom is 0.306 e. The van der Waals surface area contributed by atoms with Gasteiger partial charge < -0.3 is 13.9 Å². The quantitative estimate of drug-likeness (QED) is 0.312. The minimum atomic E-state index is -0.645. The lowest BCUT2D eigenvalue weighted by atomic mass is 10.0. The summed E-state index contributed by atoms with van der Waals surface area (Å²) in [5, 5.41) is 6.30. The second-order valence-electron chi connectivity index (χ2n) is 7.84. The molecule has 0 fully saturated rings. The van der Waals surface area contributed by atoms with E-state index in [-0.39, 0.29) is 18.6 Å². The van der Waals surface area contributed by atoms with Gasteiger partial charge in [-0.1, -0.05) is 11.6 Å². The van der Waals surface area contributed by atoms with Crippen molar-refractivity contribution in [2.75, 3.05) is 13.7 Å². The molecule has 2 aromatic carbocycles. The van der Waals surface area contributed by atoms with Crippen LogP contribution in [0, 0.1) is 0 Å². The van der Waals surface area contributed by atoms with Crippen LogP contribution in [0.5, 0.6) is 5.75 Å². The van der Waals surface area contributed by atoms with Gasteiger partial charge in [0.1, 0.15) is 17.6 Å². The van der Waals surface area contributed by atoms with Crippen LogP contribution in [-0.2, 0) is 14.3 Å². The number of furan rings is 1. The number of hydrogen-bond acceptors (Lipinski definition) is 7. The zero-order valence-electron chi connectivity index (χ0n) is 19.0. The minimum absolute atomic E-state index is 0.0346. The SMILES string of the molecule is COc1ccc(C2=NN(C(=O)COC(=O)CCC(=O)c3ccc(Cl)cc3)C(c3ccco3)C2)cc1. The molecule has 1 unspecified atom stereocenters. The fourth-order valence-corrected chi connectivity index (χ4v) is 3.80. The van der Waals surface area contributed by atoms with Crippen molar-refractivity contribution in [1.82, 2.24) is 5.01 Å². The van der Waals surface area contributed by atoms with Crippen LogP contribution in [-0.4, -0.2) is 42.1 Å². The van der Waals surface area contributed by atoms with Crippen molar-refractivity contribution in [1.29, 1.82) is 0 Å². The fourth-order valence-electron chi connectivity index (χ4n) is 3.68. The molecule has 0 N–H and O–H groups in total. The minimum Gasteiger partial charge on any atom is -0.497 e. The molecule has 2 heterocycles. The van der Waals surface area contributed by atoms with Crippen LogP contribution in [0.4, 0.5) is 0 Å². The monoisotopic (exact) mass is 494 g/mol. The summed E-state index contributed by atoms with van der Waals surface area (Å²) >= 11 is 5.83. The Bertz CT molecular complexity index is 1220. The number of ketones is 1. The highest BCUT2D eigenvalue weighted by atomic mass is 35.5. The average molecular weight is 495 g/mol. The molecule has 35 heavy (non-hydrogen) atoms. The van der Waals surface area contributed by atoms with Crippen molar-refractivity contribution in [3.05, 3.63) is 88.8 Å². The lowest BCUT2D eigenvalue weighted by Crippen LogP contribution is -2.31. The Hall–Kier alpha value is -3.91. The van der Waals surface area contributed by atoms with Crippen LogP contribution in [0.3, 0.4) is 0 Å². The van der Waals surface area contributed by atoms with Crippen molar-refractivity contribution in [3.63, 3.8) is 0 Å². The van der Waals surface area contributed by atoms with Crippen LogP contribution < -0.4 is 4.74 Å². The molecule has 1 aliphatic heterocycles. The maximum atomic E-state index is 12.9. The Kier molecular flexibility index (Phi) is 7.62. The standard InChI is InChI=1S/C26H23ClN2O6/c1-33-20-10-6-17(7-11-20)21-15-22(24-3-2-14-34-24)29(28-21)25(31)16-35-26(32)13-12-23(30)18-4-8-19(27)9-5-18/h2-11,14,22H,12-13,15-16H2,1H3. The molecule has 0 aliphatic carbocycles. The Balaban J connectivity index is 1.37. The second kappa shape index (κ2) is 11.0. The number of rotatable bonds is 9. The zero-order valence-corrected chi connectivity index (χ0v) is 19.7. The van der Waals surface area contributed by atoms with E-state index in [1.165, 1.54) is 11.3 Å². The van der Waals surface area contributed by atoms with Gasteiger partial charge in [-0.15, -0.1) is 0 Å². The molecule has 4 rings (SSSR count). The summed E-state index contributed by atoms with van der Waals surface area (Å²) in [6.45, 7) is -0.495. The number of Topliss-reactive ketones (excluding diaryl/α,β-unsaturated/α-hetero) is 1. The molecule has 180 valence electrons. The van der Waals surface area contributed by atoms with Gasteiger partial charge in [-0.05, 0) is 66.2 Å². The van der Waals surface area contributed by atoms with Crippen LogP contribution in [0.1, 0.15) is 47.0 Å². The highest BCUT2D eigenvalue weighted by Crippen LogP contribution is 2.33. The molecule has 3 aromatic rings. The van der Waals surface area contributed by atoms with Crippen molar-refractivity contribution in [3.8, 4) is 5.75 Å². The summed E-state index contributed by atoms with van der Waals surface area (Å²) in [5.74, 6) is -0.0630. The summed E-state index contributed by atoms with van der Waals surface area (Å²) in [7, 11) is 1.59. The molecule has 9 heteroatoms. The normalized spacial score (nSPS) is 15.0. The third-order valence-electron chi connectivity index (χ3n) is 5.54. The van der Waals surface area contributed by atoms with Gasteiger partial charge in [0.25, 0.3) is 5.91 Å². The third-order valence-corrected chi connectivity index (χ3v) is 5.79. The van der Waals surface area contributed by atoms with Crippen LogP contribution in [0.15, 0.2) is 76.4 Å². The Morgan fingerprint density at radius 3 is 2.46 bits per heavy atom. The van der Waals surface area contributed by atoms with E-state index in [2.05, 4.69) is 5.10 Å². The molecule has 0 spiro atoms. The molecular formula is C26H23ClN2O6. The largest absolute Gasteiger partial charge is 0.497 e. The van der Waals surface area contributed by atoms with Crippen LogP contribution in [0.25, 0.3) is 0 Å². The van der Waals surface area contributed by atoms with Crippen molar-refractivity contribution in [2.24, 2.45) is 5.10 Å². The molecule has 1 aromatic heterocycles. The number of carbonyl (C=O) groups is 3. The number of carbonyl (C=O) groups excluding carboxylic acids is 3. The Labute approximate surface area is 207 Å². The summed E-state index contributed by atoms with van der Waals surface area (Å²) in [6, 6.07) is 16.8. The second-order valence-corrected chi connectivity index (χ2v) is 8.28. The van der Waals surface area contributed by atoms with Gasteiger partial charge in [0.2, 0.25) is 0 Å². The number of methoxy groups -OCH3 is 1. The van der Waals surface area contributed by atoms with E-state index in [1.807, 2.05) is 24.3 Å². The lowest BCUT2D eigenvalue weighted by molar-refractivity contribution is -0.152. The zero-order chi connectivity index (χ0) is 24.8. The van der Waals surface area contributed by atoms with Crippen LogP contribution >= 0.6 is 11.6 Å².